The summed E-state index contributed by atoms with van der Waals surface area (Å²) in [5, 5.41) is 5.18. The Balaban J connectivity index is 1.50. The van der Waals surface area contributed by atoms with Crippen molar-refractivity contribution in [3.63, 3.8) is 0 Å². The number of thiazole rings is 1. The van der Waals surface area contributed by atoms with Crippen molar-refractivity contribution in [2.24, 2.45) is 5.92 Å². The summed E-state index contributed by atoms with van der Waals surface area (Å²) >= 11 is 1.66. The number of aryl methyl sites for hydroxylation is 2. The first-order chi connectivity index (χ1) is 10.6. The second kappa shape index (κ2) is 6.56. The second-order valence-corrected chi connectivity index (χ2v) is 7.26. The van der Waals surface area contributed by atoms with Gasteiger partial charge in [-0.3, -0.25) is 9.48 Å². The summed E-state index contributed by atoms with van der Waals surface area (Å²) in [5.41, 5.74) is 0.942. The Bertz CT molecular complexity index is 628. The van der Waals surface area contributed by atoms with E-state index in [2.05, 4.69) is 15.1 Å². The topological polar surface area (TPSA) is 63.9 Å². The minimum atomic E-state index is 0.201. The van der Waals surface area contributed by atoms with E-state index in [1.54, 1.807) is 24.0 Å². The summed E-state index contributed by atoms with van der Waals surface area (Å²) in [5.74, 6) is 0.779. The number of rotatable bonds is 4. The maximum atomic E-state index is 12.4. The maximum Gasteiger partial charge on any atom is 0.228 e. The first-order valence-corrected chi connectivity index (χ1v) is 8.46. The number of amides is 1. The molecule has 6 nitrogen and oxygen atoms in total. The fourth-order valence-corrected chi connectivity index (χ4v) is 3.78. The largest absolute Gasteiger partial charge is 0.342 e. The lowest BCUT2D eigenvalue weighted by atomic mass is 9.96. The Hall–Kier alpha value is -1.76. The van der Waals surface area contributed by atoms with Crippen LogP contribution in [0.1, 0.15) is 28.4 Å². The molecule has 118 valence electrons. The van der Waals surface area contributed by atoms with Gasteiger partial charge < -0.3 is 4.90 Å². The molecule has 1 aliphatic heterocycles. The van der Waals surface area contributed by atoms with Crippen molar-refractivity contribution in [1.29, 1.82) is 0 Å². The zero-order chi connectivity index (χ0) is 15.5. The van der Waals surface area contributed by atoms with Crippen LogP contribution < -0.4 is 0 Å². The van der Waals surface area contributed by atoms with Gasteiger partial charge in [0.15, 0.2) is 0 Å². The maximum absolute atomic E-state index is 12.4. The summed E-state index contributed by atoms with van der Waals surface area (Å²) in [7, 11) is 0. The van der Waals surface area contributed by atoms with Crippen LogP contribution in [0.3, 0.4) is 0 Å². The Morgan fingerprint density at radius 2 is 2.14 bits per heavy atom. The van der Waals surface area contributed by atoms with Gasteiger partial charge in [-0.15, -0.1) is 11.3 Å². The molecule has 0 aliphatic carbocycles. The third kappa shape index (κ3) is 3.52. The summed E-state index contributed by atoms with van der Waals surface area (Å²) in [4.78, 5) is 24.0. The van der Waals surface area contributed by atoms with Gasteiger partial charge in [-0.1, -0.05) is 0 Å². The normalized spacial score (nSPS) is 16.2. The average Bonchev–Trinajstić information content (AvgIpc) is 3.10. The molecule has 0 saturated carbocycles. The molecule has 0 bridgehead atoms. The van der Waals surface area contributed by atoms with Crippen molar-refractivity contribution in [1.82, 2.24) is 24.6 Å². The number of nitrogens with zero attached hydrogens (tertiary/aromatic N) is 5. The van der Waals surface area contributed by atoms with Crippen molar-refractivity contribution in [3.8, 4) is 0 Å². The number of piperidine rings is 1. The third-order valence-electron chi connectivity index (χ3n) is 4.20. The molecule has 3 heterocycles. The number of carbonyl (C=O) groups excluding carboxylic acids is 1. The van der Waals surface area contributed by atoms with E-state index in [9.17, 15) is 4.79 Å². The van der Waals surface area contributed by atoms with E-state index in [0.29, 0.717) is 12.3 Å². The highest BCUT2D eigenvalue weighted by molar-refractivity contribution is 7.11. The quantitative estimate of drug-likeness (QED) is 0.862. The molecule has 0 atom stereocenters. The van der Waals surface area contributed by atoms with Crippen LogP contribution in [0.2, 0.25) is 0 Å². The Labute approximate surface area is 134 Å². The molecule has 2 aromatic rings. The molecule has 0 spiro atoms. The van der Waals surface area contributed by atoms with Crippen LogP contribution in [0.15, 0.2) is 12.7 Å². The number of carbonyl (C=O) groups is 1. The van der Waals surface area contributed by atoms with Crippen molar-refractivity contribution in [3.05, 3.63) is 28.2 Å². The van der Waals surface area contributed by atoms with Crippen LogP contribution in [0.5, 0.6) is 0 Å². The highest BCUT2D eigenvalue weighted by Gasteiger charge is 2.24. The van der Waals surface area contributed by atoms with Gasteiger partial charge >= 0.3 is 0 Å². The number of hydrogen-bond donors (Lipinski definition) is 0. The van der Waals surface area contributed by atoms with E-state index < -0.39 is 0 Å². The predicted molar refractivity (Wildman–Crippen MR) is 84.6 cm³/mol. The van der Waals surface area contributed by atoms with Crippen molar-refractivity contribution in [2.75, 3.05) is 13.1 Å². The first-order valence-electron chi connectivity index (χ1n) is 7.65. The molecule has 0 radical (unpaired) electrons. The van der Waals surface area contributed by atoms with Crippen LogP contribution in [-0.4, -0.2) is 43.6 Å². The smallest absolute Gasteiger partial charge is 0.228 e. The summed E-state index contributed by atoms with van der Waals surface area (Å²) in [6, 6.07) is 0. The molecular weight excluding hydrogens is 298 g/mol. The average molecular weight is 319 g/mol. The fourth-order valence-electron chi connectivity index (χ4n) is 2.95. The summed E-state index contributed by atoms with van der Waals surface area (Å²) in [6.45, 7) is 6.59. The molecule has 1 fully saturated rings. The Kier molecular flexibility index (Phi) is 4.52. The van der Waals surface area contributed by atoms with Gasteiger partial charge in [-0.2, -0.15) is 5.10 Å². The van der Waals surface area contributed by atoms with Crippen LogP contribution >= 0.6 is 11.3 Å². The molecular formula is C15H21N5OS. The molecule has 22 heavy (non-hydrogen) atoms. The predicted octanol–water partition coefficient (Wildman–Crippen LogP) is 1.83. The molecule has 0 N–H and O–H groups in total. The van der Waals surface area contributed by atoms with E-state index in [1.165, 1.54) is 0 Å². The van der Waals surface area contributed by atoms with Crippen molar-refractivity contribution >= 4 is 17.2 Å². The standard InChI is InChI=1S/C15H21N5OS/c1-11-14(18-12(2)22-11)7-15(21)19-5-3-13(4-6-19)8-20-10-16-9-17-20/h9-10,13H,3-8H2,1-2H3. The van der Waals surface area contributed by atoms with Gasteiger partial charge in [-0.05, 0) is 32.6 Å². The van der Waals surface area contributed by atoms with Crippen molar-refractivity contribution < 1.29 is 4.79 Å². The number of hydrogen-bond acceptors (Lipinski definition) is 5. The van der Waals surface area contributed by atoms with Gasteiger partial charge in [0, 0.05) is 24.5 Å². The van der Waals surface area contributed by atoms with Gasteiger partial charge in [0.25, 0.3) is 0 Å². The van der Waals surface area contributed by atoms with E-state index in [1.807, 2.05) is 23.4 Å². The molecule has 1 saturated heterocycles. The van der Waals surface area contributed by atoms with Crippen molar-refractivity contribution in [2.45, 2.75) is 39.7 Å². The molecule has 1 aliphatic rings. The van der Waals surface area contributed by atoms with Gasteiger partial charge in [0.05, 0.1) is 17.1 Å². The molecule has 7 heteroatoms. The summed E-state index contributed by atoms with van der Waals surface area (Å²) < 4.78 is 1.88. The molecule has 0 aromatic carbocycles. The lowest BCUT2D eigenvalue weighted by Crippen LogP contribution is -2.40. The molecule has 1 amide bonds. The fraction of sp³-hybridized carbons (Fsp3) is 0.600. The van der Waals surface area contributed by atoms with Gasteiger partial charge in [-0.25, -0.2) is 9.97 Å². The lowest BCUT2D eigenvalue weighted by Gasteiger charge is -2.31. The Morgan fingerprint density at radius 3 is 2.73 bits per heavy atom. The van der Waals surface area contributed by atoms with Crippen LogP contribution in [0.4, 0.5) is 0 Å². The highest BCUT2D eigenvalue weighted by Crippen LogP contribution is 2.21. The van der Waals surface area contributed by atoms with Crippen LogP contribution in [-0.2, 0) is 17.8 Å². The zero-order valence-electron chi connectivity index (χ0n) is 13.0. The number of likely N-dealkylation sites (tertiary alicyclic amines) is 1. The first kappa shape index (κ1) is 15.1. The van der Waals surface area contributed by atoms with Crippen LogP contribution in [0, 0.1) is 19.8 Å². The molecule has 0 unspecified atom stereocenters. The minimum Gasteiger partial charge on any atom is -0.342 e. The van der Waals surface area contributed by atoms with E-state index in [4.69, 9.17) is 0 Å². The lowest BCUT2D eigenvalue weighted by molar-refractivity contribution is -0.132. The molecule has 2 aromatic heterocycles. The monoisotopic (exact) mass is 319 g/mol. The van der Waals surface area contributed by atoms with Crippen LogP contribution in [0.25, 0.3) is 0 Å². The van der Waals surface area contributed by atoms with Gasteiger partial charge in [0.2, 0.25) is 5.91 Å². The minimum absolute atomic E-state index is 0.201. The third-order valence-corrected chi connectivity index (χ3v) is 5.13. The number of aromatic nitrogens is 4. The SMILES string of the molecule is Cc1nc(CC(=O)N2CCC(Cn3cncn3)CC2)c(C)s1. The van der Waals surface area contributed by atoms with E-state index in [-0.39, 0.29) is 5.91 Å². The molecule has 3 rings (SSSR count). The second-order valence-electron chi connectivity index (χ2n) is 5.85. The van der Waals surface area contributed by atoms with E-state index in [0.717, 1.165) is 48.1 Å². The van der Waals surface area contributed by atoms with Gasteiger partial charge in [0.1, 0.15) is 12.7 Å². The van der Waals surface area contributed by atoms with E-state index >= 15 is 0 Å². The summed E-state index contributed by atoms with van der Waals surface area (Å²) in [6.07, 6.45) is 5.81. The zero-order valence-corrected chi connectivity index (χ0v) is 13.8. The highest BCUT2D eigenvalue weighted by atomic mass is 32.1. The Morgan fingerprint density at radius 1 is 1.36 bits per heavy atom.